The van der Waals surface area contributed by atoms with Crippen LogP contribution < -0.4 is 0 Å². The first-order chi connectivity index (χ1) is 7.57. The predicted octanol–water partition coefficient (Wildman–Crippen LogP) is 2.93. The Kier molecular flexibility index (Phi) is 2.82. The van der Waals surface area contributed by atoms with Crippen molar-refractivity contribution in [3.63, 3.8) is 0 Å². The first-order valence-corrected chi connectivity index (χ1v) is 7.36. The van der Waals surface area contributed by atoms with Gasteiger partial charge in [0.15, 0.2) is 0 Å². The zero-order valence-corrected chi connectivity index (χ0v) is 10.8. The van der Waals surface area contributed by atoms with Crippen LogP contribution in [0.4, 0.5) is 8.78 Å². The van der Waals surface area contributed by atoms with Crippen LogP contribution in [-0.2, 0) is 10.1 Å². The van der Waals surface area contributed by atoms with Gasteiger partial charge in [0.25, 0.3) is 0 Å². The molecule has 2 bridgehead atoms. The number of fused-ring (bicyclic) bond motifs is 2. The molecule has 100 valence electrons. The average Bonchev–Trinajstić information content (AvgIpc) is 2.76. The van der Waals surface area contributed by atoms with Gasteiger partial charge in [-0.2, -0.15) is 17.2 Å². The molecule has 2 rings (SSSR count). The van der Waals surface area contributed by atoms with E-state index < -0.39 is 20.8 Å². The summed E-state index contributed by atoms with van der Waals surface area (Å²) < 4.78 is 58.2. The van der Waals surface area contributed by atoms with Gasteiger partial charge in [-0.3, -0.25) is 4.55 Å². The van der Waals surface area contributed by atoms with E-state index in [1.54, 1.807) is 0 Å². The maximum Gasteiger partial charge on any atom is 0.375 e. The summed E-state index contributed by atoms with van der Waals surface area (Å²) >= 11 is 0. The molecule has 0 amide bonds. The summed E-state index contributed by atoms with van der Waals surface area (Å²) in [6, 6.07) is 0. The smallest absolute Gasteiger partial charge is 0.281 e. The molecule has 2 fully saturated rings. The number of hydrogen-bond acceptors (Lipinski definition) is 2. The molecule has 2 aliphatic carbocycles. The van der Waals surface area contributed by atoms with E-state index in [0.29, 0.717) is 12.3 Å². The van der Waals surface area contributed by atoms with E-state index in [9.17, 15) is 17.2 Å². The summed E-state index contributed by atoms with van der Waals surface area (Å²) in [6.07, 6.45) is 3.55. The molecule has 3 unspecified atom stereocenters. The monoisotopic (exact) mass is 268 g/mol. The van der Waals surface area contributed by atoms with Crippen molar-refractivity contribution >= 4 is 10.1 Å². The van der Waals surface area contributed by atoms with Crippen molar-refractivity contribution in [3.8, 4) is 0 Å². The van der Waals surface area contributed by atoms with Crippen molar-refractivity contribution in [1.82, 2.24) is 0 Å². The van der Waals surface area contributed by atoms with Crippen LogP contribution in [-0.4, -0.2) is 18.2 Å². The van der Waals surface area contributed by atoms with E-state index in [4.69, 9.17) is 4.55 Å². The fourth-order valence-electron chi connectivity index (χ4n) is 3.68. The lowest BCUT2D eigenvalue weighted by Crippen LogP contribution is -2.49. The van der Waals surface area contributed by atoms with Crippen molar-refractivity contribution in [1.29, 1.82) is 0 Å². The Bertz CT molecular complexity index is 416. The zero-order valence-electron chi connectivity index (χ0n) is 9.99. The standard InChI is InChI=1S/C11H18F2O3S/c1-10(2,11(12,13)17(14,15)16)9-6-7-3-4-8(9)5-7/h7-9H,3-6H2,1-2H3,(H,14,15,16). The molecule has 0 aliphatic heterocycles. The van der Waals surface area contributed by atoms with Crippen molar-refractivity contribution in [2.45, 2.75) is 44.8 Å². The summed E-state index contributed by atoms with van der Waals surface area (Å²) in [5, 5.41) is -4.07. The van der Waals surface area contributed by atoms with Gasteiger partial charge in [0, 0.05) is 5.41 Å². The Morgan fingerprint density at radius 1 is 1.18 bits per heavy atom. The van der Waals surface area contributed by atoms with E-state index in [1.165, 1.54) is 13.8 Å². The van der Waals surface area contributed by atoms with Crippen LogP contribution in [0.25, 0.3) is 0 Å². The lowest BCUT2D eigenvalue weighted by atomic mass is 9.70. The topological polar surface area (TPSA) is 54.4 Å². The molecule has 0 aromatic carbocycles. The number of halogens is 2. The second-order valence-corrected chi connectivity index (χ2v) is 7.46. The van der Waals surface area contributed by atoms with E-state index >= 15 is 0 Å². The van der Waals surface area contributed by atoms with Crippen molar-refractivity contribution < 1.29 is 21.8 Å². The minimum Gasteiger partial charge on any atom is -0.281 e. The molecule has 3 nitrogen and oxygen atoms in total. The molecule has 3 atom stereocenters. The van der Waals surface area contributed by atoms with Crippen LogP contribution in [0.5, 0.6) is 0 Å². The van der Waals surface area contributed by atoms with Gasteiger partial charge in [0.1, 0.15) is 0 Å². The highest BCUT2D eigenvalue weighted by Crippen LogP contribution is 2.59. The molecule has 0 saturated heterocycles. The fraction of sp³-hybridized carbons (Fsp3) is 1.00. The maximum absolute atomic E-state index is 13.8. The van der Waals surface area contributed by atoms with E-state index in [-0.39, 0.29) is 11.8 Å². The third kappa shape index (κ3) is 1.80. The average molecular weight is 268 g/mol. The Labute approximate surface area is 100 Å². The SMILES string of the molecule is CC(C)(C1CC2CCC1C2)C(F)(F)S(=O)(=O)O. The summed E-state index contributed by atoms with van der Waals surface area (Å²) in [5.41, 5.74) is -1.71. The highest BCUT2D eigenvalue weighted by Gasteiger charge is 2.63. The normalized spacial score (nSPS) is 34.3. The van der Waals surface area contributed by atoms with Gasteiger partial charge < -0.3 is 0 Å². The molecule has 0 heterocycles. The summed E-state index contributed by atoms with van der Waals surface area (Å²) in [4.78, 5) is 0. The van der Waals surface area contributed by atoms with Crippen LogP contribution >= 0.6 is 0 Å². The van der Waals surface area contributed by atoms with E-state index in [1.807, 2.05) is 0 Å². The maximum atomic E-state index is 13.8. The van der Waals surface area contributed by atoms with Gasteiger partial charge in [0.05, 0.1) is 0 Å². The molecule has 1 N–H and O–H groups in total. The van der Waals surface area contributed by atoms with Crippen LogP contribution in [0.15, 0.2) is 0 Å². The fourth-order valence-corrected chi connectivity index (χ4v) is 4.49. The summed E-state index contributed by atoms with van der Waals surface area (Å²) in [6.45, 7) is 2.51. The number of hydrogen-bond donors (Lipinski definition) is 1. The minimum absolute atomic E-state index is 0.183. The third-order valence-corrected chi connectivity index (χ3v) is 5.91. The lowest BCUT2D eigenvalue weighted by Gasteiger charge is -2.40. The Balaban J connectivity index is 2.31. The van der Waals surface area contributed by atoms with Gasteiger partial charge >= 0.3 is 15.4 Å². The van der Waals surface area contributed by atoms with Crippen LogP contribution in [0.2, 0.25) is 0 Å². The molecule has 0 radical (unpaired) electrons. The number of rotatable bonds is 3. The Morgan fingerprint density at radius 3 is 2.12 bits per heavy atom. The molecule has 2 aliphatic rings. The van der Waals surface area contributed by atoms with Gasteiger partial charge in [0.2, 0.25) is 0 Å². The molecule has 17 heavy (non-hydrogen) atoms. The Morgan fingerprint density at radius 2 is 1.76 bits per heavy atom. The van der Waals surface area contributed by atoms with Gasteiger partial charge in [-0.05, 0) is 37.0 Å². The predicted molar refractivity (Wildman–Crippen MR) is 59.2 cm³/mol. The van der Waals surface area contributed by atoms with Crippen LogP contribution in [0.3, 0.4) is 0 Å². The Hall–Kier alpha value is -0.230. The highest BCUT2D eigenvalue weighted by atomic mass is 32.2. The second kappa shape index (κ2) is 3.63. The minimum atomic E-state index is -5.35. The molecular weight excluding hydrogens is 250 g/mol. The first kappa shape index (κ1) is 13.2. The third-order valence-electron chi connectivity index (χ3n) is 4.74. The first-order valence-electron chi connectivity index (χ1n) is 5.92. The summed E-state index contributed by atoms with van der Waals surface area (Å²) in [5.74, 6) is 0.322. The lowest BCUT2D eigenvalue weighted by molar-refractivity contribution is -0.0809. The summed E-state index contributed by atoms with van der Waals surface area (Å²) in [7, 11) is -5.35. The van der Waals surface area contributed by atoms with Gasteiger partial charge in [-0.15, -0.1) is 0 Å². The molecule has 6 heteroatoms. The molecule has 0 spiro atoms. The van der Waals surface area contributed by atoms with E-state index in [2.05, 4.69) is 0 Å². The quantitative estimate of drug-likeness (QED) is 0.801. The number of alkyl halides is 2. The second-order valence-electron chi connectivity index (χ2n) is 5.99. The largest absolute Gasteiger partial charge is 0.375 e. The van der Waals surface area contributed by atoms with Crippen LogP contribution in [0, 0.1) is 23.2 Å². The zero-order chi connectivity index (χ0) is 13.1. The van der Waals surface area contributed by atoms with Crippen molar-refractivity contribution in [2.75, 3.05) is 0 Å². The molecule has 2 saturated carbocycles. The van der Waals surface area contributed by atoms with Crippen molar-refractivity contribution in [2.24, 2.45) is 23.2 Å². The molecule has 0 aromatic rings. The van der Waals surface area contributed by atoms with Crippen molar-refractivity contribution in [3.05, 3.63) is 0 Å². The van der Waals surface area contributed by atoms with Crippen LogP contribution in [0.1, 0.15) is 39.5 Å². The van der Waals surface area contributed by atoms with E-state index in [0.717, 1.165) is 19.3 Å². The highest BCUT2D eigenvalue weighted by molar-refractivity contribution is 7.86. The van der Waals surface area contributed by atoms with Gasteiger partial charge in [-0.25, -0.2) is 0 Å². The molecule has 0 aromatic heterocycles. The van der Waals surface area contributed by atoms with Gasteiger partial charge in [-0.1, -0.05) is 20.3 Å². The molecular formula is C11H18F2O3S.